The van der Waals surface area contributed by atoms with Gasteiger partial charge in [-0.3, -0.25) is 4.90 Å². The van der Waals surface area contributed by atoms with E-state index >= 15 is 0 Å². The number of anilines is 1. The number of piperazine rings is 1. The van der Waals surface area contributed by atoms with Crippen LogP contribution >= 0.6 is 0 Å². The minimum Gasteiger partial charge on any atom is -0.333 e. The molecule has 0 atom stereocenters. The van der Waals surface area contributed by atoms with Gasteiger partial charge in [-0.15, -0.1) is 0 Å². The van der Waals surface area contributed by atoms with Crippen LogP contribution in [0.4, 0.5) is 10.5 Å². The highest BCUT2D eigenvalue weighted by Gasteiger charge is 2.24. The highest BCUT2D eigenvalue weighted by atomic mass is 16.2. The van der Waals surface area contributed by atoms with E-state index in [0.29, 0.717) is 6.54 Å². The number of carbonyl (C=O) groups excluding carboxylic acids is 1. The Morgan fingerprint density at radius 3 is 2.57 bits per heavy atom. The zero-order valence-electron chi connectivity index (χ0n) is 15.9. The van der Waals surface area contributed by atoms with Crippen molar-refractivity contribution in [1.82, 2.24) is 19.8 Å². The van der Waals surface area contributed by atoms with Gasteiger partial charge in [0.1, 0.15) is 0 Å². The number of imidazole rings is 1. The quantitative estimate of drug-likeness (QED) is 0.746. The predicted molar refractivity (Wildman–Crippen MR) is 110 cm³/mol. The topological polar surface area (TPSA) is 53.4 Å². The summed E-state index contributed by atoms with van der Waals surface area (Å²) in [7, 11) is 0. The minimum atomic E-state index is 0.0603. The second-order valence-corrected chi connectivity index (χ2v) is 7.00. The molecule has 1 saturated heterocycles. The smallest absolute Gasteiger partial charge is 0.324 e. The lowest BCUT2D eigenvalue weighted by molar-refractivity contribution is 0.196. The number of hydrogen-bond acceptors (Lipinski definition) is 3. The summed E-state index contributed by atoms with van der Waals surface area (Å²) in [5, 5.41) is 3.31. The summed E-state index contributed by atoms with van der Waals surface area (Å²) >= 11 is 0. The van der Waals surface area contributed by atoms with Crippen LogP contribution in [0.3, 0.4) is 0 Å². The molecular formula is C22H25N5O. The average Bonchev–Trinajstić information content (AvgIpc) is 3.26. The molecule has 2 amide bonds. The third-order valence-electron chi connectivity index (χ3n) is 4.95. The first-order chi connectivity index (χ1) is 13.8. The summed E-state index contributed by atoms with van der Waals surface area (Å²) in [5.41, 5.74) is 3.18. The van der Waals surface area contributed by atoms with Gasteiger partial charge in [-0.1, -0.05) is 42.5 Å². The van der Waals surface area contributed by atoms with Gasteiger partial charge in [-0.2, -0.15) is 0 Å². The first kappa shape index (κ1) is 18.3. The van der Waals surface area contributed by atoms with Crippen LogP contribution < -0.4 is 10.2 Å². The van der Waals surface area contributed by atoms with Crippen molar-refractivity contribution in [2.24, 2.45) is 0 Å². The molecule has 1 fully saturated rings. The van der Waals surface area contributed by atoms with Crippen LogP contribution in [-0.2, 0) is 13.1 Å². The Morgan fingerprint density at radius 2 is 1.82 bits per heavy atom. The van der Waals surface area contributed by atoms with Crippen LogP contribution in [0.5, 0.6) is 0 Å². The summed E-state index contributed by atoms with van der Waals surface area (Å²) in [5.74, 6) is 0. The van der Waals surface area contributed by atoms with Gasteiger partial charge in [0, 0.05) is 50.8 Å². The molecule has 6 nitrogen and oxygen atoms in total. The number of nitrogens with one attached hydrogen (secondary N) is 1. The maximum atomic E-state index is 13.3. The summed E-state index contributed by atoms with van der Waals surface area (Å²) < 4.78 is 2.03. The molecular weight excluding hydrogens is 350 g/mol. The summed E-state index contributed by atoms with van der Waals surface area (Å²) in [6.07, 6.45) is 5.53. The number of benzene rings is 2. The van der Waals surface area contributed by atoms with Gasteiger partial charge in [0.15, 0.2) is 0 Å². The normalized spacial score (nSPS) is 14.1. The van der Waals surface area contributed by atoms with Crippen molar-refractivity contribution in [3.63, 3.8) is 0 Å². The van der Waals surface area contributed by atoms with Crippen LogP contribution in [0.2, 0.25) is 0 Å². The maximum absolute atomic E-state index is 13.3. The molecule has 0 saturated carbocycles. The molecule has 1 aromatic heterocycles. The number of rotatable bonds is 5. The molecule has 0 aliphatic carbocycles. The van der Waals surface area contributed by atoms with E-state index in [0.717, 1.165) is 49.5 Å². The molecule has 6 heteroatoms. The highest BCUT2D eigenvalue weighted by molar-refractivity contribution is 5.92. The second kappa shape index (κ2) is 8.71. The van der Waals surface area contributed by atoms with Crippen molar-refractivity contribution >= 4 is 11.7 Å². The SMILES string of the molecule is O=C(N1CCNCC1)N(Cc1ccccc1)c1cccc(Cn2ccnc2)c1. The molecule has 144 valence electrons. The van der Waals surface area contributed by atoms with Gasteiger partial charge in [-0.05, 0) is 23.3 Å². The Balaban J connectivity index is 1.61. The van der Waals surface area contributed by atoms with Crippen molar-refractivity contribution < 1.29 is 4.79 Å². The van der Waals surface area contributed by atoms with E-state index in [1.54, 1.807) is 12.5 Å². The van der Waals surface area contributed by atoms with E-state index in [4.69, 9.17) is 0 Å². The van der Waals surface area contributed by atoms with Gasteiger partial charge in [0.25, 0.3) is 0 Å². The lowest BCUT2D eigenvalue weighted by atomic mass is 10.1. The molecule has 1 N–H and O–H groups in total. The molecule has 4 rings (SSSR count). The van der Waals surface area contributed by atoms with E-state index < -0.39 is 0 Å². The van der Waals surface area contributed by atoms with E-state index in [9.17, 15) is 4.79 Å². The first-order valence-corrected chi connectivity index (χ1v) is 9.65. The molecule has 3 aromatic rings. The third-order valence-corrected chi connectivity index (χ3v) is 4.95. The highest BCUT2D eigenvalue weighted by Crippen LogP contribution is 2.22. The molecule has 1 aliphatic rings. The fourth-order valence-electron chi connectivity index (χ4n) is 3.48. The Morgan fingerprint density at radius 1 is 1.04 bits per heavy atom. The molecule has 2 heterocycles. The van der Waals surface area contributed by atoms with Gasteiger partial charge >= 0.3 is 6.03 Å². The van der Waals surface area contributed by atoms with Crippen molar-refractivity contribution in [1.29, 1.82) is 0 Å². The number of carbonyl (C=O) groups is 1. The van der Waals surface area contributed by atoms with Crippen LogP contribution in [-0.4, -0.2) is 46.7 Å². The molecule has 0 radical (unpaired) electrons. The van der Waals surface area contributed by atoms with Gasteiger partial charge in [0.2, 0.25) is 0 Å². The fourth-order valence-corrected chi connectivity index (χ4v) is 3.48. The average molecular weight is 375 g/mol. The van der Waals surface area contributed by atoms with Crippen LogP contribution in [0.25, 0.3) is 0 Å². The second-order valence-electron chi connectivity index (χ2n) is 7.00. The monoisotopic (exact) mass is 375 g/mol. The van der Waals surface area contributed by atoms with Gasteiger partial charge in [-0.25, -0.2) is 9.78 Å². The molecule has 0 unspecified atom stereocenters. The molecule has 28 heavy (non-hydrogen) atoms. The van der Waals surface area contributed by atoms with Gasteiger partial charge < -0.3 is 14.8 Å². The summed E-state index contributed by atoms with van der Waals surface area (Å²) in [6, 6.07) is 18.4. The Kier molecular flexibility index (Phi) is 5.68. The van der Waals surface area contributed by atoms with Crippen LogP contribution in [0, 0.1) is 0 Å². The molecule has 0 bridgehead atoms. The van der Waals surface area contributed by atoms with Crippen molar-refractivity contribution in [2.45, 2.75) is 13.1 Å². The molecule has 1 aliphatic heterocycles. The van der Waals surface area contributed by atoms with E-state index in [1.807, 2.05) is 50.9 Å². The predicted octanol–water partition coefficient (Wildman–Crippen LogP) is 2.96. The number of aromatic nitrogens is 2. The van der Waals surface area contributed by atoms with Crippen molar-refractivity contribution in [3.05, 3.63) is 84.4 Å². The lowest BCUT2D eigenvalue weighted by Gasteiger charge is -2.33. The van der Waals surface area contributed by atoms with E-state index in [1.165, 1.54) is 0 Å². The number of urea groups is 1. The fraction of sp³-hybridized carbons (Fsp3) is 0.273. The van der Waals surface area contributed by atoms with Crippen LogP contribution in [0.15, 0.2) is 73.3 Å². The number of amides is 2. The zero-order chi connectivity index (χ0) is 19.2. The summed E-state index contributed by atoms with van der Waals surface area (Å²) in [4.78, 5) is 21.3. The van der Waals surface area contributed by atoms with E-state index in [-0.39, 0.29) is 6.03 Å². The Bertz CT molecular complexity index is 888. The largest absolute Gasteiger partial charge is 0.333 e. The standard InChI is InChI=1S/C22H25N5O/c28-22(26-13-10-23-11-14-26)27(17-19-5-2-1-3-6-19)21-8-4-7-20(15-21)16-25-12-9-24-18-25/h1-9,12,15,18,23H,10-11,13-14,16-17H2. The maximum Gasteiger partial charge on any atom is 0.324 e. The number of nitrogens with zero attached hydrogens (tertiary/aromatic N) is 4. The zero-order valence-corrected chi connectivity index (χ0v) is 15.9. The minimum absolute atomic E-state index is 0.0603. The Hall–Kier alpha value is -3.12. The summed E-state index contributed by atoms with van der Waals surface area (Å²) in [6.45, 7) is 4.43. The van der Waals surface area contributed by atoms with Gasteiger partial charge in [0.05, 0.1) is 12.9 Å². The first-order valence-electron chi connectivity index (χ1n) is 9.65. The van der Waals surface area contributed by atoms with Crippen LogP contribution in [0.1, 0.15) is 11.1 Å². The van der Waals surface area contributed by atoms with Crippen molar-refractivity contribution in [3.8, 4) is 0 Å². The Labute approximate surface area is 165 Å². The van der Waals surface area contributed by atoms with E-state index in [2.05, 4.69) is 34.6 Å². The van der Waals surface area contributed by atoms with Crippen molar-refractivity contribution in [2.75, 3.05) is 31.1 Å². The number of hydrogen-bond donors (Lipinski definition) is 1. The molecule has 0 spiro atoms. The third kappa shape index (κ3) is 4.40. The molecule has 2 aromatic carbocycles. The lowest BCUT2D eigenvalue weighted by Crippen LogP contribution is -2.51.